The first-order chi connectivity index (χ1) is 21.3. The zero-order chi connectivity index (χ0) is 30.3. The number of nitrogens with one attached hydrogen (secondary N) is 4. The number of ether oxygens (including phenoxy) is 1. The van der Waals surface area contributed by atoms with Crippen molar-refractivity contribution < 1.29 is 17.5 Å². The molecule has 1 aromatic carbocycles. The molecule has 0 spiro atoms. The molecule has 44 heavy (non-hydrogen) atoms. The Morgan fingerprint density at radius 2 is 1.84 bits per heavy atom. The van der Waals surface area contributed by atoms with Gasteiger partial charge in [0.2, 0.25) is 10.0 Å². The maximum atomic E-state index is 14.6. The highest BCUT2D eigenvalue weighted by Gasteiger charge is 2.18. The number of H-pyrrole nitrogens is 2. The van der Waals surface area contributed by atoms with Crippen molar-refractivity contribution in [3.8, 4) is 39.5 Å². The maximum absolute atomic E-state index is 14.6. The highest BCUT2D eigenvalue weighted by molar-refractivity contribution is 7.88. The molecular formula is C30H28FN9O3S. The molecule has 5 aromatic heterocycles. The summed E-state index contributed by atoms with van der Waals surface area (Å²) < 4.78 is 46.3. The van der Waals surface area contributed by atoms with Crippen LogP contribution in [0.2, 0.25) is 0 Å². The summed E-state index contributed by atoms with van der Waals surface area (Å²) in [4.78, 5) is 21.4. The Morgan fingerprint density at radius 3 is 2.68 bits per heavy atom. The number of hydrogen-bond acceptors (Lipinski definition) is 9. The molecule has 0 bridgehead atoms. The maximum Gasteiger partial charge on any atom is 0.209 e. The molecule has 1 fully saturated rings. The van der Waals surface area contributed by atoms with Crippen molar-refractivity contribution in [3.63, 3.8) is 0 Å². The Balaban J connectivity index is 1.23. The van der Waals surface area contributed by atoms with Gasteiger partial charge in [-0.05, 0) is 73.5 Å². The van der Waals surface area contributed by atoms with Gasteiger partial charge in [0.15, 0.2) is 17.1 Å². The molecule has 1 aliphatic rings. The van der Waals surface area contributed by atoms with Gasteiger partial charge >= 0.3 is 0 Å². The Bertz CT molecular complexity index is 2110. The number of imidazole rings is 1. The third-order valence-electron chi connectivity index (χ3n) is 7.48. The molecule has 0 radical (unpaired) electrons. The molecule has 1 aliphatic heterocycles. The third-order valence-corrected chi connectivity index (χ3v) is 8.15. The van der Waals surface area contributed by atoms with Crippen LogP contribution in [0.5, 0.6) is 5.75 Å². The van der Waals surface area contributed by atoms with Crippen LogP contribution >= 0.6 is 0 Å². The fourth-order valence-electron chi connectivity index (χ4n) is 5.38. The van der Waals surface area contributed by atoms with E-state index in [4.69, 9.17) is 9.72 Å². The summed E-state index contributed by atoms with van der Waals surface area (Å²) in [7, 11) is -3.44. The number of rotatable bonds is 8. The first kappa shape index (κ1) is 28.0. The molecule has 4 N–H and O–H groups in total. The van der Waals surface area contributed by atoms with Crippen LogP contribution in [0, 0.1) is 5.82 Å². The Hall–Kier alpha value is -4.79. The number of nitrogens with zero attached hydrogens (tertiary/aromatic N) is 5. The van der Waals surface area contributed by atoms with Crippen LogP contribution in [0.4, 0.5) is 4.39 Å². The van der Waals surface area contributed by atoms with E-state index in [-0.39, 0.29) is 12.6 Å². The lowest BCUT2D eigenvalue weighted by Gasteiger charge is -2.23. The van der Waals surface area contributed by atoms with Crippen molar-refractivity contribution in [2.45, 2.75) is 25.5 Å². The van der Waals surface area contributed by atoms with Gasteiger partial charge in [0.25, 0.3) is 0 Å². The van der Waals surface area contributed by atoms with Crippen molar-refractivity contribution >= 4 is 32.2 Å². The molecule has 14 heteroatoms. The smallest absolute Gasteiger partial charge is 0.209 e. The van der Waals surface area contributed by atoms with Gasteiger partial charge in [0, 0.05) is 41.8 Å². The highest BCUT2D eigenvalue weighted by Crippen LogP contribution is 2.33. The number of pyridine rings is 3. The summed E-state index contributed by atoms with van der Waals surface area (Å²) in [5, 5.41) is 11.5. The number of aromatic nitrogens is 7. The van der Waals surface area contributed by atoms with Crippen LogP contribution in [0.25, 0.3) is 56.0 Å². The zero-order valence-electron chi connectivity index (χ0n) is 23.6. The van der Waals surface area contributed by atoms with Crippen molar-refractivity contribution in [3.05, 3.63) is 72.6 Å². The standard InChI is InChI=1S/C30H28FN9O3S/c1-44(41,42)36-13-17-8-18(10-21(31)9-17)24-4-7-34-29-26(24)37-30(38-29)27-25-12-20(15-35-28(25)40-39-27)19-11-23(16-33-14-19)43-22-2-5-32-6-3-22/h4,7-12,14-16,22,32,36H,2-3,5-6,13H2,1H3,(H,34,37,38)(H,35,39,40). The number of aromatic amines is 2. The van der Waals surface area contributed by atoms with Crippen LogP contribution in [-0.4, -0.2) is 69.0 Å². The van der Waals surface area contributed by atoms with Gasteiger partial charge in [-0.15, -0.1) is 0 Å². The number of halogens is 1. The second kappa shape index (κ2) is 11.4. The molecule has 1 saturated heterocycles. The van der Waals surface area contributed by atoms with Crippen molar-refractivity contribution in [2.24, 2.45) is 0 Å². The molecule has 6 heterocycles. The Labute approximate surface area is 251 Å². The summed E-state index contributed by atoms with van der Waals surface area (Å²) in [5.41, 5.74) is 5.54. The summed E-state index contributed by atoms with van der Waals surface area (Å²) in [5.74, 6) is 0.707. The monoisotopic (exact) mass is 613 g/mol. The van der Waals surface area contributed by atoms with Gasteiger partial charge in [-0.3, -0.25) is 10.1 Å². The van der Waals surface area contributed by atoms with E-state index in [0.29, 0.717) is 50.8 Å². The summed E-state index contributed by atoms with van der Waals surface area (Å²) in [6.07, 6.45) is 9.95. The summed E-state index contributed by atoms with van der Waals surface area (Å²) >= 11 is 0. The average molecular weight is 614 g/mol. The summed E-state index contributed by atoms with van der Waals surface area (Å²) in [6, 6.07) is 10.1. The normalized spacial score (nSPS) is 14.4. The van der Waals surface area contributed by atoms with Gasteiger partial charge in [0.1, 0.15) is 23.4 Å². The van der Waals surface area contributed by atoms with E-state index in [9.17, 15) is 12.8 Å². The number of sulfonamides is 1. The zero-order valence-corrected chi connectivity index (χ0v) is 24.4. The third kappa shape index (κ3) is 5.86. The number of fused-ring (bicyclic) bond motifs is 2. The molecule has 0 aliphatic carbocycles. The Morgan fingerprint density at radius 1 is 1.00 bits per heavy atom. The van der Waals surface area contributed by atoms with Gasteiger partial charge in [-0.25, -0.2) is 32.5 Å². The van der Waals surface area contributed by atoms with E-state index >= 15 is 0 Å². The predicted molar refractivity (Wildman–Crippen MR) is 164 cm³/mol. The lowest BCUT2D eigenvalue weighted by Crippen LogP contribution is -2.34. The Kier molecular flexibility index (Phi) is 7.24. The first-order valence-electron chi connectivity index (χ1n) is 14.1. The van der Waals surface area contributed by atoms with E-state index < -0.39 is 15.8 Å². The second-order valence-electron chi connectivity index (χ2n) is 10.8. The van der Waals surface area contributed by atoms with Gasteiger partial charge in [-0.1, -0.05) is 0 Å². The van der Waals surface area contributed by atoms with E-state index in [0.717, 1.165) is 48.7 Å². The van der Waals surface area contributed by atoms with E-state index in [1.54, 1.807) is 36.9 Å². The molecule has 0 amide bonds. The number of benzene rings is 1. The lowest BCUT2D eigenvalue weighted by molar-refractivity contribution is 0.162. The van der Waals surface area contributed by atoms with Crippen LogP contribution in [0.3, 0.4) is 0 Å². The second-order valence-corrected chi connectivity index (χ2v) is 12.6. The molecule has 0 unspecified atom stereocenters. The average Bonchev–Trinajstić information content (AvgIpc) is 3.64. The number of hydrogen-bond donors (Lipinski definition) is 4. The summed E-state index contributed by atoms with van der Waals surface area (Å²) in [6.45, 7) is 1.84. The molecular weight excluding hydrogens is 585 g/mol. The van der Waals surface area contributed by atoms with Crippen molar-refractivity contribution in [1.82, 2.24) is 45.2 Å². The molecule has 0 saturated carbocycles. The largest absolute Gasteiger partial charge is 0.489 e. The van der Waals surface area contributed by atoms with Crippen molar-refractivity contribution in [2.75, 3.05) is 19.3 Å². The minimum Gasteiger partial charge on any atom is -0.489 e. The lowest BCUT2D eigenvalue weighted by atomic mass is 10.0. The van der Waals surface area contributed by atoms with Gasteiger partial charge in [-0.2, -0.15) is 5.10 Å². The van der Waals surface area contributed by atoms with E-state index in [2.05, 4.69) is 40.2 Å². The van der Waals surface area contributed by atoms with Crippen molar-refractivity contribution in [1.29, 1.82) is 0 Å². The first-order valence-corrected chi connectivity index (χ1v) is 15.9. The highest BCUT2D eigenvalue weighted by atomic mass is 32.2. The van der Waals surface area contributed by atoms with Gasteiger partial charge in [0.05, 0.1) is 23.4 Å². The molecule has 6 aromatic rings. The number of piperidine rings is 1. The fraction of sp³-hybridized carbons (Fsp3) is 0.233. The minimum absolute atomic E-state index is 0.0376. The minimum atomic E-state index is -3.44. The fourth-order valence-corrected chi connectivity index (χ4v) is 5.81. The molecule has 12 nitrogen and oxygen atoms in total. The van der Waals surface area contributed by atoms with Crippen LogP contribution in [-0.2, 0) is 16.6 Å². The quantitative estimate of drug-likeness (QED) is 0.199. The van der Waals surface area contributed by atoms with Crippen LogP contribution in [0.1, 0.15) is 18.4 Å². The molecule has 224 valence electrons. The topological polar surface area (TPSA) is 163 Å². The van der Waals surface area contributed by atoms with Crippen LogP contribution in [0.15, 0.2) is 61.2 Å². The van der Waals surface area contributed by atoms with Crippen LogP contribution < -0.4 is 14.8 Å². The van der Waals surface area contributed by atoms with E-state index in [1.807, 2.05) is 12.1 Å². The molecule has 7 rings (SSSR count). The van der Waals surface area contributed by atoms with E-state index in [1.165, 1.54) is 12.1 Å². The van der Waals surface area contributed by atoms with Gasteiger partial charge < -0.3 is 15.0 Å². The predicted octanol–water partition coefficient (Wildman–Crippen LogP) is 3.94. The SMILES string of the molecule is CS(=O)(=O)NCc1cc(F)cc(-c2ccnc3nc(-c4[nH]nc5ncc(-c6cncc(OC7CCNCC7)c6)cc45)[nH]c23)c1. The molecule has 0 atom stereocenters.